The Kier molecular flexibility index (Phi) is 4.75. The van der Waals surface area contributed by atoms with Gasteiger partial charge in [-0.25, -0.2) is 8.78 Å². The first-order valence-electron chi connectivity index (χ1n) is 7.05. The highest BCUT2D eigenvalue weighted by molar-refractivity contribution is 6.13. The first-order valence-corrected chi connectivity index (χ1v) is 7.05. The van der Waals surface area contributed by atoms with Crippen LogP contribution in [0.1, 0.15) is 12.8 Å². The van der Waals surface area contributed by atoms with Gasteiger partial charge in [0.25, 0.3) is 0 Å². The van der Waals surface area contributed by atoms with E-state index in [0.717, 1.165) is 12.1 Å². The summed E-state index contributed by atoms with van der Waals surface area (Å²) in [5.41, 5.74) is -1.72. The molecule has 1 aromatic carbocycles. The summed E-state index contributed by atoms with van der Waals surface area (Å²) in [5, 5.41) is 4.88. The van der Waals surface area contributed by atoms with Gasteiger partial charge in [0.1, 0.15) is 22.7 Å². The molecule has 22 heavy (non-hydrogen) atoms. The minimum absolute atomic E-state index is 0.378. The van der Waals surface area contributed by atoms with E-state index in [1.54, 1.807) is 0 Å². The van der Waals surface area contributed by atoms with Crippen molar-refractivity contribution in [2.24, 2.45) is 5.41 Å². The summed E-state index contributed by atoms with van der Waals surface area (Å²) in [6.45, 7) is 1.06. The van der Waals surface area contributed by atoms with Crippen LogP contribution in [0.15, 0.2) is 18.2 Å². The van der Waals surface area contributed by atoms with Gasteiger partial charge in [-0.1, -0.05) is 6.07 Å². The molecule has 0 heterocycles. The zero-order chi connectivity index (χ0) is 16.3. The van der Waals surface area contributed by atoms with Crippen molar-refractivity contribution >= 4 is 17.5 Å². The number of likely N-dealkylation sites (N-methyl/N-ethyl adjacent to an activating group) is 1. The van der Waals surface area contributed by atoms with Crippen LogP contribution in [0.2, 0.25) is 0 Å². The SMILES string of the molecule is CN(C)CCNC(=O)C1(C(=O)Nc2c(F)cccc2F)CC1. The molecule has 0 atom stereocenters. The Hall–Kier alpha value is -2.02. The summed E-state index contributed by atoms with van der Waals surface area (Å²) in [6, 6.07) is 3.31. The first kappa shape index (κ1) is 16.4. The van der Waals surface area contributed by atoms with Crippen LogP contribution < -0.4 is 10.6 Å². The summed E-state index contributed by atoms with van der Waals surface area (Å²) in [5.74, 6) is -2.79. The van der Waals surface area contributed by atoms with Crippen molar-refractivity contribution in [3.63, 3.8) is 0 Å². The van der Waals surface area contributed by atoms with Crippen LogP contribution in [-0.2, 0) is 9.59 Å². The fraction of sp³-hybridized carbons (Fsp3) is 0.467. The van der Waals surface area contributed by atoms with E-state index in [9.17, 15) is 18.4 Å². The summed E-state index contributed by atoms with van der Waals surface area (Å²) < 4.78 is 27.1. The number of rotatable bonds is 6. The fourth-order valence-corrected chi connectivity index (χ4v) is 2.09. The highest BCUT2D eigenvalue weighted by atomic mass is 19.1. The van der Waals surface area contributed by atoms with Crippen LogP contribution in [0, 0.1) is 17.0 Å². The average Bonchev–Trinajstić information content (AvgIpc) is 3.24. The average molecular weight is 311 g/mol. The lowest BCUT2D eigenvalue weighted by Gasteiger charge is -2.17. The first-order chi connectivity index (χ1) is 10.4. The maximum atomic E-state index is 13.6. The molecule has 2 rings (SSSR count). The fourth-order valence-electron chi connectivity index (χ4n) is 2.09. The van der Waals surface area contributed by atoms with E-state index >= 15 is 0 Å². The minimum atomic E-state index is -1.21. The van der Waals surface area contributed by atoms with Gasteiger partial charge in [-0.05, 0) is 39.1 Å². The number of carbonyl (C=O) groups is 2. The van der Waals surface area contributed by atoms with Crippen molar-refractivity contribution in [2.45, 2.75) is 12.8 Å². The van der Waals surface area contributed by atoms with Crippen molar-refractivity contribution in [3.05, 3.63) is 29.8 Å². The van der Waals surface area contributed by atoms with Gasteiger partial charge in [-0.15, -0.1) is 0 Å². The van der Waals surface area contributed by atoms with E-state index in [4.69, 9.17) is 0 Å². The molecule has 1 aliphatic rings. The number of hydrogen-bond donors (Lipinski definition) is 2. The molecule has 7 heteroatoms. The third kappa shape index (κ3) is 3.41. The molecule has 0 saturated heterocycles. The van der Waals surface area contributed by atoms with Gasteiger partial charge in [0.2, 0.25) is 11.8 Å². The monoisotopic (exact) mass is 311 g/mol. The number of anilines is 1. The molecular weight excluding hydrogens is 292 g/mol. The summed E-state index contributed by atoms with van der Waals surface area (Å²) in [7, 11) is 3.74. The smallest absolute Gasteiger partial charge is 0.240 e. The lowest BCUT2D eigenvalue weighted by Crippen LogP contribution is -2.42. The third-order valence-corrected chi connectivity index (χ3v) is 3.67. The largest absolute Gasteiger partial charge is 0.354 e. The van der Waals surface area contributed by atoms with Crippen LogP contribution in [-0.4, -0.2) is 43.9 Å². The lowest BCUT2D eigenvalue weighted by molar-refractivity contribution is -0.134. The molecule has 1 aliphatic carbocycles. The van der Waals surface area contributed by atoms with Gasteiger partial charge in [0, 0.05) is 13.1 Å². The number of carbonyl (C=O) groups excluding carboxylic acids is 2. The Bertz CT molecular complexity index is 566. The van der Waals surface area contributed by atoms with E-state index < -0.39 is 34.6 Å². The molecule has 0 aliphatic heterocycles. The lowest BCUT2D eigenvalue weighted by atomic mass is 10.0. The van der Waals surface area contributed by atoms with Crippen LogP contribution in [0.3, 0.4) is 0 Å². The molecular formula is C15H19F2N3O2. The van der Waals surface area contributed by atoms with Crippen LogP contribution >= 0.6 is 0 Å². The third-order valence-electron chi connectivity index (χ3n) is 3.67. The number of nitrogens with one attached hydrogen (secondary N) is 2. The zero-order valence-electron chi connectivity index (χ0n) is 12.6. The molecule has 1 fully saturated rings. The number of halogens is 2. The molecule has 1 aromatic rings. The van der Waals surface area contributed by atoms with Gasteiger partial charge in [0.05, 0.1) is 0 Å². The molecule has 0 bridgehead atoms. The minimum Gasteiger partial charge on any atom is -0.354 e. The molecule has 0 radical (unpaired) electrons. The molecule has 1 saturated carbocycles. The zero-order valence-corrected chi connectivity index (χ0v) is 12.6. The Morgan fingerprint density at radius 2 is 1.77 bits per heavy atom. The van der Waals surface area contributed by atoms with E-state index in [2.05, 4.69) is 10.6 Å². The molecule has 0 aromatic heterocycles. The number of amides is 2. The normalized spacial score (nSPS) is 15.5. The van der Waals surface area contributed by atoms with E-state index in [0.29, 0.717) is 25.9 Å². The molecule has 2 amide bonds. The van der Waals surface area contributed by atoms with Gasteiger partial charge < -0.3 is 15.5 Å². The second-order valence-electron chi connectivity index (χ2n) is 5.69. The number of nitrogens with zero attached hydrogens (tertiary/aromatic N) is 1. The Balaban J connectivity index is 2.01. The number of para-hydroxylation sites is 1. The van der Waals surface area contributed by atoms with Gasteiger partial charge >= 0.3 is 0 Å². The number of benzene rings is 1. The van der Waals surface area contributed by atoms with Crippen molar-refractivity contribution in [1.29, 1.82) is 0 Å². The molecule has 5 nitrogen and oxygen atoms in total. The highest BCUT2D eigenvalue weighted by Gasteiger charge is 2.56. The van der Waals surface area contributed by atoms with E-state index in [1.165, 1.54) is 6.07 Å². The van der Waals surface area contributed by atoms with Gasteiger partial charge in [-0.3, -0.25) is 9.59 Å². The Labute approximate surface area is 127 Å². The van der Waals surface area contributed by atoms with Crippen LogP contribution in [0.25, 0.3) is 0 Å². The summed E-state index contributed by atoms with van der Waals surface area (Å²) >= 11 is 0. The summed E-state index contributed by atoms with van der Waals surface area (Å²) in [6.07, 6.45) is 0.755. The van der Waals surface area contributed by atoms with E-state index in [-0.39, 0.29) is 0 Å². The van der Waals surface area contributed by atoms with Crippen molar-refractivity contribution in [1.82, 2.24) is 10.2 Å². The van der Waals surface area contributed by atoms with Gasteiger partial charge in [0.15, 0.2) is 0 Å². The predicted octanol–water partition coefficient (Wildman–Crippen LogP) is 1.36. The Morgan fingerprint density at radius 3 is 2.27 bits per heavy atom. The standard InChI is InChI=1S/C15H19F2N3O2/c1-20(2)9-8-18-13(21)15(6-7-15)14(22)19-12-10(16)4-3-5-11(12)17/h3-5H,6-9H2,1-2H3,(H,18,21)(H,19,22). The van der Waals surface area contributed by atoms with Crippen LogP contribution in [0.4, 0.5) is 14.5 Å². The van der Waals surface area contributed by atoms with Crippen molar-refractivity contribution in [3.8, 4) is 0 Å². The highest BCUT2D eigenvalue weighted by Crippen LogP contribution is 2.47. The van der Waals surface area contributed by atoms with Gasteiger partial charge in [-0.2, -0.15) is 0 Å². The topological polar surface area (TPSA) is 61.4 Å². The second-order valence-corrected chi connectivity index (χ2v) is 5.69. The molecule has 0 unspecified atom stereocenters. The van der Waals surface area contributed by atoms with E-state index in [1.807, 2.05) is 19.0 Å². The molecule has 120 valence electrons. The molecule has 2 N–H and O–H groups in total. The maximum absolute atomic E-state index is 13.6. The van der Waals surface area contributed by atoms with Crippen molar-refractivity contribution in [2.75, 3.05) is 32.5 Å². The quantitative estimate of drug-likeness (QED) is 0.780. The summed E-state index contributed by atoms with van der Waals surface area (Å²) in [4.78, 5) is 26.3. The maximum Gasteiger partial charge on any atom is 0.240 e. The Morgan fingerprint density at radius 1 is 1.18 bits per heavy atom. The second kappa shape index (κ2) is 6.39. The number of hydrogen-bond acceptors (Lipinski definition) is 3. The van der Waals surface area contributed by atoms with Crippen LogP contribution in [0.5, 0.6) is 0 Å². The van der Waals surface area contributed by atoms with Crippen molar-refractivity contribution < 1.29 is 18.4 Å². The predicted molar refractivity (Wildman–Crippen MR) is 78.2 cm³/mol. The molecule has 0 spiro atoms.